The Hall–Kier alpha value is -0.330. The minimum Gasteiger partial charge on any atom is -0.295 e. The first-order chi connectivity index (χ1) is 4.66. The van der Waals surface area contributed by atoms with Crippen molar-refractivity contribution in [1.82, 2.24) is 4.90 Å². The monoisotopic (exact) mass is 159 g/mol. The van der Waals surface area contributed by atoms with Gasteiger partial charge in [-0.15, -0.1) is 6.42 Å². The van der Waals surface area contributed by atoms with E-state index in [4.69, 9.17) is 6.42 Å². The van der Waals surface area contributed by atoms with Crippen LogP contribution in [0.5, 0.6) is 0 Å². The van der Waals surface area contributed by atoms with E-state index in [0.717, 1.165) is 6.54 Å². The van der Waals surface area contributed by atoms with Crippen LogP contribution >= 0.6 is 0 Å². The van der Waals surface area contributed by atoms with Crippen LogP contribution < -0.4 is 0 Å². The summed E-state index contributed by atoms with van der Waals surface area (Å²) in [5.41, 5.74) is 0. The summed E-state index contributed by atoms with van der Waals surface area (Å²) in [4.78, 5) is 1.97. The molecule has 0 aromatic carbocycles. The number of rotatable bonds is 4. The molecule has 0 rings (SSSR count). The lowest BCUT2D eigenvalue weighted by molar-refractivity contribution is 0.400. The molecule has 1 atom stereocenters. The Morgan fingerprint density at radius 3 is 2.70 bits per heavy atom. The van der Waals surface area contributed by atoms with Crippen LogP contribution in [0.3, 0.4) is 0 Å². The van der Waals surface area contributed by atoms with Gasteiger partial charge in [0.1, 0.15) is 0 Å². The molecule has 0 saturated heterocycles. The second-order valence-electron chi connectivity index (χ2n) is 2.22. The first-order valence-corrected chi connectivity index (χ1v) is 4.81. The van der Waals surface area contributed by atoms with Crippen molar-refractivity contribution in [2.24, 2.45) is 0 Å². The van der Waals surface area contributed by atoms with Gasteiger partial charge in [0, 0.05) is 29.4 Å². The maximum Gasteiger partial charge on any atom is 0.0596 e. The molecule has 58 valence electrons. The van der Waals surface area contributed by atoms with E-state index in [9.17, 15) is 4.21 Å². The van der Waals surface area contributed by atoms with E-state index in [-0.39, 0.29) is 0 Å². The lowest BCUT2D eigenvalue weighted by Crippen LogP contribution is -2.23. The van der Waals surface area contributed by atoms with E-state index < -0.39 is 10.8 Å². The van der Waals surface area contributed by atoms with E-state index in [1.54, 1.807) is 6.26 Å². The first-order valence-electron chi connectivity index (χ1n) is 3.09. The van der Waals surface area contributed by atoms with Crippen LogP contribution in [-0.4, -0.2) is 41.3 Å². The summed E-state index contributed by atoms with van der Waals surface area (Å²) >= 11 is 0. The Morgan fingerprint density at radius 2 is 2.30 bits per heavy atom. The maximum atomic E-state index is 10.6. The molecule has 0 aliphatic rings. The molecule has 3 heteroatoms. The van der Waals surface area contributed by atoms with Crippen molar-refractivity contribution in [3.63, 3.8) is 0 Å². The van der Waals surface area contributed by atoms with E-state index in [1.807, 2.05) is 11.9 Å². The molecule has 0 aromatic rings. The van der Waals surface area contributed by atoms with Crippen molar-refractivity contribution >= 4 is 10.8 Å². The quantitative estimate of drug-likeness (QED) is 0.535. The minimum absolute atomic E-state index is 0.636. The van der Waals surface area contributed by atoms with Gasteiger partial charge in [0.05, 0.1) is 6.54 Å². The number of nitrogens with zero attached hydrogens (tertiary/aromatic N) is 1. The lowest BCUT2D eigenvalue weighted by Gasteiger charge is -2.10. The van der Waals surface area contributed by atoms with Crippen LogP contribution in [0.25, 0.3) is 0 Å². The second kappa shape index (κ2) is 5.45. The zero-order valence-corrected chi connectivity index (χ0v) is 7.28. The summed E-state index contributed by atoms with van der Waals surface area (Å²) in [6, 6.07) is 0. The zero-order chi connectivity index (χ0) is 7.98. The molecule has 10 heavy (non-hydrogen) atoms. The Morgan fingerprint density at radius 1 is 1.70 bits per heavy atom. The molecule has 0 spiro atoms. The molecule has 0 radical (unpaired) electrons. The molecule has 0 aliphatic carbocycles. The molecule has 1 unspecified atom stereocenters. The minimum atomic E-state index is -0.700. The van der Waals surface area contributed by atoms with Gasteiger partial charge < -0.3 is 0 Å². The highest BCUT2D eigenvalue weighted by molar-refractivity contribution is 7.84. The Bertz CT molecular complexity index is 150. The van der Waals surface area contributed by atoms with Crippen molar-refractivity contribution < 1.29 is 4.21 Å². The SMILES string of the molecule is C#CCN(C)CCS(C)=O. The van der Waals surface area contributed by atoms with E-state index in [1.165, 1.54) is 0 Å². The average molecular weight is 159 g/mol. The topological polar surface area (TPSA) is 20.3 Å². The molecule has 0 heterocycles. The van der Waals surface area contributed by atoms with Gasteiger partial charge >= 0.3 is 0 Å². The number of terminal acetylenes is 1. The van der Waals surface area contributed by atoms with Gasteiger partial charge in [0.15, 0.2) is 0 Å². The van der Waals surface area contributed by atoms with Gasteiger partial charge in [-0.25, -0.2) is 0 Å². The maximum absolute atomic E-state index is 10.6. The largest absolute Gasteiger partial charge is 0.295 e. The predicted octanol–water partition coefficient (Wildman–Crippen LogP) is -0.0701. The standard InChI is InChI=1S/C7H13NOS/c1-4-5-8(2)6-7-10(3)9/h1H,5-7H2,2-3H3. The first kappa shape index (κ1) is 9.67. The fraction of sp³-hybridized carbons (Fsp3) is 0.714. The smallest absolute Gasteiger partial charge is 0.0596 e. The van der Waals surface area contributed by atoms with E-state index >= 15 is 0 Å². The molecule has 0 N–H and O–H groups in total. The number of hydrogen-bond donors (Lipinski definition) is 0. The van der Waals surface area contributed by atoms with Crippen molar-refractivity contribution in [3.8, 4) is 12.3 Å². The molecule has 0 aromatic heterocycles. The van der Waals surface area contributed by atoms with Gasteiger partial charge in [-0.05, 0) is 7.05 Å². The highest BCUT2D eigenvalue weighted by Crippen LogP contribution is 1.81. The van der Waals surface area contributed by atoms with E-state index in [2.05, 4.69) is 5.92 Å². The molecule has 2 nitrogen and oxygen atoms in total. The van der Waals surface area contributed by atoms with Crippen LogP contribution in [0.1, 0.15) is 0 Å². The molecular formula is C7H13NOS. The predicted molar refractivity (Wildman–Crippen MR) is 45.3 cm³/mol. The third kappa shape index (κ3) is 5.80. The van der Waals surface area contributed by atoms with Crippen LogP contribution in [0, 0.1) is 12.3 Å². The fourth-order valence-corrected chi connectivity index (χ4v) is 1.09. The summed E-state index contributed by atoms with van der Waals surface area (Å²) in [6.07, 6.45) is 6.77. The Balaban J connectivity index is 3.32. The highest BCUT2D eigenvalue weighted by atomic mass is 32.2. The Labute approximate surface area is 65.1 Å². The molecule has 0 saturated carbocycles. The second-order valence-corrected chi connectivity index (χ2v) is 3.77. The molecule has 0 bridgehead atoms. The Kier molecular flexibility index (Phi) is 5.27. The van der Waals surface area contributed by atoms with Crippen molar-refractivity contribution in [1.29, 1.82) is 0 Å². The molecule has 0 fully saturated rings. The summed E-state index contributed by atoms with van der Waals surface area (Å²) < 4.78 is 10.6. The summed E-state index contributed by atoms with van der Waals surface area (Å²) in [6.45, 7) is 1.45. The van der Waals surface area contributed by atoms with Gasteiger partial charge in [0.2, 0.25) is 0 Å². The summed E-state index contributed by atoms with van der Waals surface area (Å²) in [7, 11) is 1.22. The van der Waals surface area contributed by atoms with E-state index in [0.29, 0.717) is 12.3 Å². The molecular weight excluding hydrogens is 146 g/mol. The van der Waals surface area contributed by atoms with Gasteiger partial charge in [-0.1, -0.05) is 5.92 Å². The van der Waals surface area contributed by atoms with Crippen LogP contribution in [-0.2, 0) is 10.8 Å². The summed E-state index contributed by atoms with van der Waals surface area (Å²) in [5.74, 6) is 3.22. The third-order valence-corrected chi connectivity index (χ3v) is 1.88. The fourth-order valence-electron chi connectivity index (χ4n) is 0.519. The number of hydrogen-bond acceptors (Lipinski definition) is 2. The molecule has 0 aliphatic heterocycles. The highest BCUT2D eigenvalue weighted by Gasteiger charge is 1.95. The van der Waals surface area contributed by atoms with Crippen LogP contribution in [0.4, 0.5) is 0 Å². The third-order valence-electron chi connectivity index (χ3n) is 1.12. The van der Waals surface area contributed by atoms with Crippen LogP contribution in [0.2, 0.25) is 0 Å². The summed E-state index contributed by atoms with van der Waals surface area (Å²) in [5, 5.41) is 0. The molecule has 0 amide bonds. The van der Waals surface area contributed by atoms with Gasteiger partial charge in [-0.3, -0.25) is 9.11 Å². The normalized spacial score (nSPS) is 13.0. The van der Waals surface area contributed by atoms with Crippen LogP contribution in [0.15, 0.2) is 0 Å². The lowest BCUT2D eigenvalue weighted by atomic mass is 10.5. The van der Waals surface area contributed by atoms with Crippen molar-refractivity contribution in [3.05, 3.63) is 0 Å². The zero-order valence-electron chi connectivity index (χ0n) is 6.46. The van der Waals surface area contributed by atoms with Crippen molar-refractivity contribution in [2.45, 2.75) is 0 Å². The van der Waals surface area contributed by atoms with Crippen molar-refractivity contribution in [2.75, 3.05) is 32.1 Å². The van der Waals surface area contributed by atoms with Gasteiger partial charge in [0.25, 0.3) is 0 Å². The van der Waals surface area contributed by atoms with Gasteiger partial charge in [-0.2, -0.15) is 0 Å². The average Bonchev–Trinajstić information content (AvgIpc) is 1.85.